The van der Waals surface area contributed by atoms with Gasteiger partial charge in [0.2, 0.25) is 0 Å². The van der Waals surface area contributed by atoms with Gasteiger partial charge in [-0.05, 0) is 36.2 Å². The fraction of sp³-hybridized carbons (Fsp3) is 0.235. The lowest BCUT2D eigenvalue weighted by atomic mass is 10.1. The van der Waals surface area contributed by atoms with E-state index in [4.69, 9.17) is 27.4 Å². The van der Waals surface area contributed by atoms with Gasteiger partial charge in [-0.25, -0.2) is 0 Å². The van der Waals surface area contributed by atoms with Crippen molar-refractivity contribution in [3.63, 3.8) is 0 Å². The number of nitrogens with two attached hydrogens (primary N) is 1. The lowest BCUT2D eigenvalue weighted by molar-refractivity contribution is 0.294. The number of hydrogen-bond acceptors (Lipinski definition) is 3. The van der Waals surface area contributed by atoms with Crippen LogP contribution in [-0.4, -0.2) is 12.1 Å². The number of thiocarbonyl (C=S) groups is 1. The molecule has 0 amide bonds. The van der Waals surface area contributed by atoms with Gasteiger partial charge in [-0.15, -0.1) is 0 Å². The van der Waals surface area contributed by atoms with E-state index in [1.807, 2.05) is 36.4 Å². The first kappa shape index (κ1) is 15.3. The zero-order valence-electron chi connectivity index (χ0n) is 12.3. The summed E-state index contributed by atoms with van der Waals surface area (Å²) in [5, 5.41) is 0. The Labute approximate surface area is 130 Å². The van der Waals surface area contributed by atoms with Crippen LogP contribution in [0.4, 0.5) is 0 Å². The molecule has 0 atom stereocenters. The molecule has 110 valence electrons. The average molecular weight is 301 g/mol. The lowest BCUT2D eigenvalue weighted by Crippen LogP contribution is -2.10. The molecular weight excluding hydrogens is 282 g/mol. The highest BCUT2D eigenvalue weighted by atomic mass is 32.1. The second kappa shape index (κ2) is 7.09. The molecule has 3 nitrogen and oxygen atoms in total. The predicted molar refractivity (Wildman–Crippen MR) is 89.0 cm³/mol. The van der Waals surface area contributed by atoms with Gasteiger partial charge in [0.15, 0.2) is 0 Å². The topological polar surface area (TPSA) is 44.5 Å². The maximum Gasteiger partial charge on any atom is 0.125 e. The zero-order valence-corrected chi connectivity index (χ0v) is 13.1. The van der Waals surface area contributed by atoms with Crippen molar-refractivity contribution in [3.05, 3.63) is 59.2 Å². The minimum atomic E-state index is 0.368. The quantitative estimate of drug-likeness (QED) is 0.830. The van der Waals surface area contributed by atoms with E-state index in [9.17, 15) is 0 Å². The van der Waals surface area contributed by atoms with Crippen molar-refractivity contribution in [1.82, 2.24) is 0 Å². The van der Waals surface area contributed by atoms with E-state index in [1.54, 1.807) is 7.11 Å². The summed E-state index contributed by atoms with van der Waals surface area (Å²) in [6, 6.07) is 13.6. The molecule has 0 saturated carbocycles. The summed E-state index contributed by atoms with van der Waals surface area (Å²) in [7, 11) is 1.64. The van der Waals surface area contributed by atoms with Crippen LogP contribution in [0, 0.1) is 0 Å². The fourth-order valence-electron chi connectivity index (χ4n) is 2.14. The maximum absolute atomic E-state index is 5.93. The van der Waals surface area contributed by atoms with Crippen LogP contribution in [0.15, 0.2) is 42.5 Å². The van der Waals surface area contributed by atoms with E-state index < -0.39 is 0 Å². The third-order valence-electron chi connectivity index (χ3n) is 3.30. The highest BCUT2D eigenvalue weighted by Gasteiger charge is 2.08. The Morgan fingerprint density at radius 1 is 1.10 bits per heavy atom. The van der Waals surface area contributed by atoms with Gasteiger partial charge in [0.1, 0.15) is 23.1 Å². The number of para-hydroxylation sites is 1. The summed E-state index contributed by atoms with van der Waals surface area (Å²) in [6.45, 7) is 2.52. The summed E-state index contributed by atoms with van der Waals surface area (Å²) in [6.07, 6.45) is 0.931. The number of rotatable bonds is 6. The van der Waals surface area contributed by atoms with Gasteiger partial charge in [0.05, 0.1) is 7.11 Å². The predicted octanol–water partition coefficient (Wildman–Crippen LogP) is 3.47. The normalized spacial score (nSPS) is 10.2. The van der Waals surface area contributed by atoms with Crippen molar-refractivity contribution in [2.75, 3.05) is 7.11 Å². The highest BCUT2D eigenvalue weighted by Crippen LogP contribution is 2.24. The Balaban J connectivity index is 2.22. The first-order valence-corrected chi connectivity index (χ1v) is 7.24. The van der Waals surface area contributed by atoms with Crippen molar-refractivity contribution in [3.8, 4) is 11.5 Å². The number of benzene rings is 2. The third kappa shape index (κ3) is 3.73. The van der Waals surface area contributed by atoms with Gasteiger partial charge in [0, 0.05) is 11.1 Å². The summed E-state index contributed by atoms with van der Waals surface area (Å²) >= 11 is 5.01. The van der Waals surface area contributed by atoms with Crippen LogP contribution in [0.2, 0.25) is 0 Å². The maximum atomic E-state index is 5.93. The molecule has 0 aliphatic rings. The minimum absolute atomic E-state index is 0.368. The van der Waals surface area contributed by atoms with E-state index in [0.29, 0.717) is 11.6 Å². The van der Waals surface area contributed by atoms with Crippen LogP contribution in [0.25, 0.3) is 0 Å². The van der Waals surface area contributed by atoms with Crippen LogP contribution in [0.3, 0.4) is 0 Å². The summed E-state index contributed by atoms with van der Waals surface area (Å²) in [5.41, 5.74) is 8.60. The van der Waals surface area contributed by atoms with Gasteiger partial charge in [0.25, 0.3) is 0 Å². The van der Waals surface area contributed by atoms with Crippen LogP contribution in [0.5, 0.6) is 11.5 Å². The Morgan fingerprint density at radius 3 is 2.52 bits per heavy atom. The van der Waals surface area contributed by atoms with E-state index in [-0.39, 0.29) is 0 Å². The van der Waals surface area contributed by atoms with Crippen LogP contribution < -0.4 is 15.2 Å². The molecule has 0 aliphatic carbocycles. The molecule has 2 aromatic carbocycles. The van der Waals surface area contributed by atoms with Crippen molar-refractivity contribution in [2.45, 2.75) is 20.0 Å². The first-order chi connectivity index (χ1) is 10.2. The summed E-state index contributed by atoms with van der Waals surface area (Å²) in [4.78, 5) is 0.368. The molecule has 0 aromatic heterocycles. The SMILES string of the molecule is CCc1ccccc1OCc1cc(C(N)=S)ccc1OC. The molecule has 0 spiro atoms. The molecule has 21 heavy (non-hydrogen) atoms. The molecule has 0 radical (unpaired) electrons. The van der Waals surface area contributed by atoms with E-state index in [0.717, 1.165) is 29.0 Å². The van der Waals surface area contributed by atoms with Gasteiger partial charge in [-0.3, -0.25) is 0 Å². The van der Waals surface area contributed by atoms with Gasteiger partial charge >= 0.3 is 0 Å². The lowest BCUT2D eigenvalue weighted by Gasteiger charge is -2.13. The molecule has 0 fully saturated rings. The summed E-state index contributed by atoms with van der Waals surface area (Å²) < 4.78 is 11.3. The molecule has 0 aliphatic heterocycles. The van der Waals surface area contributed by atoms with Gasteiger partial charge in [-0.1, -0.05) is 37.3 Å². The average Bonchev–Trinajstić information content (AvgIpc) is 2.52. The van der Waals surface area contributed by atoms with E-state index in [2.05, 4.69) is 13.0 Å². The van der Waals surface area contributed by atoms with Crippen LogP contribution >= 0.6 is 12.2 Å². The van der Waals surface area contributed by atoms with Crippen molar-refractivity contribution in [2.24, 2.45) is 5.73 Å². The third-order valence-corrected chi connectivity index (χ3v) is 3.54. The van der Waals surface area contributed by atoms with Crippen molar-refractivity contribution >= 4 is 17.2 Å². The Morgan fingerprint density at radius 2 is 1.86 bits per heavy atom. The van der Waals surface area contributed by atoms with E-state index in [1.165, 1.54) is 5.56 Å². The zero-order chi connectivity index (χ0) is 15.2. The Kier molecular flexibility index (Phi) is 5.17. The highest BCUT2D eigenvalue weighted by molar-refractivity contribution is 7.80. The number of aryl methyl sites for hydroxylation is 1. The molecule has 4 heteroatoms. The van der Waals surface area contributed by atoms with Crippen LogP contribution in [-0.2, 0) is 13.0 Å². The number of hydrogen-bond donors (Lipinski definition) is 1. The minimum Gasteiger partial charge on any atom is -0.496 e. The Bertz CT molecular complexity index is 640. The molecular formula is C17H19NO2S. The molecule has 2 aromatic rings. The summed E-state index contributed by atoms with van der Waals surface area (Å²) in [5.74, 6) is 1.66. The molecule has 0 saturated heterocycles. The molecule has 0 bridgehead atoms. The van der Waals surface area contributed by atoms with Gasteiger partial charge < -0.3 is 15.2 Å². The van der Waals surface area contributed by atoms with Crippen molar-refractivity contribution < 1.29 is 9.47 Å². The first-order valence-electron chi connectivity index (χ1n) is 6.83. The van der Waals surface area contributed by atoms with Gasteiger partial charge in [-0.2, -0.15) is 0 Å². The van der Waals surface area contributed by atoms with Crippen molar-refractivity contribution in [1.29, 1.82) is 0 Å². The molecule has 0 unspecified atom stereocenters. The molecule has 2 rings (SSSR count). The second-order valence-electron chi connectivity index (χ2n) is 4.64. The standard InChI is InChI=1S/C17H19NO2S/c1-3-12-6-4-5-7-16(12)20-11-14-10-13(17(18)21)8-9-15(14)19-2/h4-10H,3,11H2,1-2H3,(H2,18,21). The largest absolute Gasteiger partial charge is 0.496 e. The van der Waals surface area contributed by atoms with E-state index >= 15 is 0 Å². The molecule has 0 heterocycles. The molecule has 2 N–H and O–H groups in total. The smallest absolute Gasteiger partial charge is 0.125 e. The van der Waals surface area contributed by atoms with Crippen LogP contribution in [0.1, 0.15) is 23.6 Å². The Hall–Kier alpha value is -2.07. The monoisotopic (exact) mass is 301 g/mol. The number of methoxy groups -OCH3 is 1. The fourth-order valence-corrected chi connectivity index (χ4v) is 2.26. The number of ether oxygens (including phenoxy) is 2. The second-order valence-corrected chi connectivity index (χ2v) is 5.08.